The Kier molecular flexibility index (Phi) is 7.64. The van der Waals surface area contributed by atoms with Crippen LogP contribution in [-0.2, 0) is 11.4 Å². The molecule has 0 spiro atoms. The van der Waals surface area contributed by atoms with Crippen molar-refractivity contribution in [1.82, 2.24) is 4.98 Å². The Hall–Kier alpha value is -3.03. The van der Waals surface area contributed by atoms with Crippen molar-refractivity contribution in [2.75, 3.05) is 13.7 Å². The van der Waals surface area contributed by atoms with Crippen LogP contribution in [-0.4, -0.2) is 30.6 Å². The molecule has 2 rings (SSSR count). The van der Waals surface area contributed by atoms with E-state index in [0.29, 0.717) is 17.9 Å². The summed E-state index contributed by atoms with van der Waals surface area (Å²) < 4.78 is 50.5. The highest BCUT2D eigenvalue weighted by atomic mass is 19.4. The van der Waals surface area contributed by atoms with Crippen molar-refractivity contribution < 1.29 is 27.5 Å². The number of nitrogens with zero attached hydrogens (tertiary/aromatic N) is 2. The average molecular weight is 408 g/mol. The zero-order valence-corrected chi connectivity index (χ0v) is 16.7. The third-order valence-corrected chi connectivity index (χ3v) is 3.92. The van der Waals surface area contributed by atoms with Crippen molar-refractivity contribution in [3.8, 4) is 11.5 Å². The summed E-state index contributed by atoms with van der Waals surface area (Å²) in [4.78, 5) is 8.12. The van der Waals surface area contributed by atoms with Gasteiger partial charge in [0.1, 0.15) is 31.8 Å². The van der Waals surface area contributed by atoms with Gasteiger partial charge in [-0.3, -0.25) is 4.98 Å². The largest absolute Gasteiger partial charge is 0.490 e. The van der Waals surface area contributed by atoms with E-state index in [1.54, 1.807) is 0 Å². The molecule has 0 aliphatic carbocycles. The minimum absolute atomic E-state index is 0.163. The maximum atomic E-state index is 13.0. The van der Waals surface area contributed by atoms with Gasteiger partial charge in [0.05, 0.1) is 5.69 Å². The lowest BCUT2D eigenvalue weighted by Crippen LogP contribution is -2.25. The van der Waals surface area contributed by atoms with Gasteiger partial charge in [-0.2, -0.15) is 13.2 Å². The number of hydrogen-bond acceptors (Lipinski definition) is 5. The molecule has 1 aromatic carbocycles. The number of allylic oxidation sites excluding steroid dienone is 1. The first kappa shape index (κ1) is 22.3. The molecule has 5 nitrogen and oxygen atoms in total. The van der Waals surface area contributed by atoms with Crippen LogP contribution in [0, 0.1) is 13.8 Å². The number of oxime groups is 1. The highest BCUT2D eigenvalue weighted by Crippen LogP contribution is 2.29. The molecule has 1 heterocycles. The van der Waals surface area contributed by atoms with Gasteiger partial charge in [-0.25, -0.2) is 0 Å². The summed E-state index contributed by atoms with van der Waals surface area (Å²) >= 11 is 0. The number of hydrogen-bond donors (Lipinski definition) is 0. The van der Waals surface area contributed by atoms with Crippen molar-refractivity contribution in [2.24, 2.45) is 5.16 Å². The maximum absolute atomic E-state index is 13.0. The molecule has 0 bridgehead atoms. The molecule has 8 heteroatoms. The quantitative estimate of drug-likeness (QED) is 0.345. The second-order valence-corrected chi connectivity index (χ2v) is 6.23. The van der Waals surface area contributed by atoms with Crippen LogP contribution in [0.3, 0.4) is 0 Å². The van der Waals surface area contributed by atoms with Crippen molar-refractivity contribution in [3.63, 3.8) is 0 Å². The number of pyridine rings is 1. The predicted molar refractivity (Wildman–Crippen MR) is 104 cm³/mol. The van der Waals surface area contributed by atoms with Crippen LogP contribution in [0.15, 0.2) is 47.8 Å². The van der Waals surface area contributed by atoms with Crippen molar-refractivity contribution in [3.05, 3.63) is 65.0 Å². The molecule has 0 atom stereocenters. The van der Waals surface area contributed by atoms with Crippen LogP contribution >= 0.6 is 0 Å². The van der Waals surface area contributed by atoms with Gasteiger partial charge in [0.25, 0.3) is 0 Å². The molecule has 0 amide bonds. The van der Waals surface area contributed by atoms with E-state index in [-0.39, 0.29) is 12.3 Å². The third kappa shape index (κ3) is 6.23. The standard InChI is InChI=1S/C21H23F3N2O3/c1-5-6-9-28-17-10-14(2)19(15(3)11-17)29-13-16-7-8-18(25-12-16)20(26-27-4)21(22,23)24/h5-8,10-12H,9,13H2,1-4H3/b6-5+,26-20?. The van der Waals surface area contributed by atoms with Crippen LogP contribution in [0.2, 0.25) is 0 Å². The Balaban J connectivity index is 2.09. The molecule has 0 fully saturated rings. The topological polar surface area (TPSA) is 52.9 Å². The van der Waals surface area contributed by atoms with Crippen LogP contribution in [0.25, 0.3) is 0 Å². The molecule has 0 saturated heterocycles. The monoisotopic (exact) mass is 408 g/mol. The first-order valence-electron chi connectivity index (χ1n) is 8.88. The Bertz CT molecular complexity index is 853. The molecule has 1 aromatic heterocycles. The first-order valence-corrected chi connectivity index (χ1v) is 8.88. The van der Waals surface area contributed by atoms with E-state index in [2.05, 4.69) is 15.0 Å². The van der Waals surface area contributed by atoms with E-state index in [4.69, 9.17) is 9.47 Å². The van der Waals surface area contributed by atoms with Crippen molar-refractivity contribution >= 4 is 5.71 Å². The van der Waals surface area contributed by atoms with Crippen LogP contribution < -0.4 is 9.47 Å². The highest BCUT2D eigenvalue weighted by Gasteiger charge is 2.38. The molecule has 0 N–H and O–H groups in total. The number of halogens is 3. The summed E-state index contributed by atoms with van der Waals surface area (Å²) in [5, 5.41) is 3.03. The SMILES string of the molecule is C/C=C/COc1cc(C)c(OCc2ccc(C(=NOC)C(F)(F)F)nc2)c(C)c1. The number of ether oxygens (including phenoxy) is 2. The van der Waals surface area contributed by atoms with Gasteiger partial charge in [-0.15, -0.1) is 0 Å². The van der Waals surface area contributed by atoms with Gasteiger partial charge in [0.2, 0.25) is 5.71 Å². The Labute approximate surface area is 167 Å². The summed E-state index contributed by atoms with van der Waals surface area (Å²) in [5.74, 6) is 1.44. The summed E-state index contributed by atoms with van der Waals surface area (Å²) in [6, 6.07) is 6.51. The Morgan fingerprint density at radius 1 is 1.14 bits per heavy atom. The molecule has 2 aromatic rings. The number of rotatable bonds is 8. The van der Waals surface area contributed by atoms with Gasteiger partial charge in [0.15, 0.2) is 0 Å². The number of alkyl halides is 3. The average Bonchev–Trinajstić information content (AvgIpc) is 2.65. The van der Waals surface area contributed by atoms with Gasteiger partial charge in [0, 0.05) is 11.8 Å². The van der Waals surface area contributed by atoms with Crippen LogP contribution in [0.5, 0.6) is 11.5 Å². The molecule has 0 saturated carbocycles. The van der Waals surface area contributed by atoms with Gasteiger partial charge < -0.3 is 14.3 Å². The number of aromatic nitrogens is 1. The first-order chi connectivity index (χ1) is 13.8. The second kappa shape index (κ2) is 9.95. The minimum Gasteiger partial charge on any atom is -0.490 e. The van der Waals surface area contributed by atoms with Gasteiger partial charge >= 0.3 is 6.18 Å². The van der Waals surface area contributed by atoms with E-state index in [1.807, 2.05) is 45.1 Å². The Morgan fingerprint density at radius 2 is 1.83 bits per heavy atom. The smallest absolute Gasteiger partial charge is 0.438 e. The van der Waals surface area contributed by atoms with Crippen molar-refractivity contribution in [2.45, 2.75) is 33.6 Å². The zero-order chi connectivity index (χ0) is 21.4. The van der Waals surface area contributed by atoms with Gasteiger partial charge in [-0.1, -0.05) is 23.4 Å². The normalized spacial score (nSPS) is 12.3. The fraction of sp³-hybridized carbons (Fsp3) is 0.333. The van der Waals surface area contributed by atoms with Gasteiger partial charge in [-0.05, 0) is 50.1 Å². The predicted octanol–water partition coefficient (Wildman–Crippen LogP) is 5.15. The molecule has 29 heavy (non-hydrogen) atoms. The molecular formula is C21H23F3N2O3. The van der Waals surface area contributed by atoms with E-state index in [9.17, 15) is 13.2 Å². The van der Waals surface area contributed by atoms with Crippen LogP contribution in [0.1, 0.15) is 29.3 Å². The fourth-order valence-corrected chi connectivity index (χ4v) is 2.60. The minimum atomic E-state index is -4.66. The van der Waals surface area contributed by atoms with E-state index in [0.717, 1.165) is 24.0 Å². The molecular weight excluding hydrogens is 385 g/mol. The Morgan fingerprint density at radius 3 is 2.34 bits per heavy atom. The molecule has 0 aliphatic rings. The third-order valence-electron chi connectivity index (χ3n) is 3.92. The molecule has 0 radical (unpaired) electrons. The molecule has 0 aliphatic heterocycles. The van der Waals surface area contributed by atoms with E-state index >= 15 is 0 Å². The summed E-state index contributed by atoms with van der Waals surface area (Å²) in [7, 11) is 1.05. The lowest BCUT2D eigenvalue weighted by atomic mass is 10.1. The highest BCUT2D eigenvalue weighted by molar-refractivity contribution is 6.02. The maximum Gasteiger partial charge on any atom is 0.438 e. The zero-order valence-electron chi connectivity index (χ0n) is 16.7. The fourth-order valence-electron chi connectivity index (χ4n) is 2.60. The van der Waals surface area contributed by atoms with E-state index in [1.165, 1.54) is 18.3 Å². The number of aryl methyl sites for hydroxylation is 2. The second-order valence-electron chi connectivity index (χ2n) is 6.23. The van der Waals surface area contributed by atoms with E-state index < -0.39 is 11.9 Å². The number of benzene rings is 1. The molecule has 156 valence electrons. The lowest BCUT2D eigenvalue weighted by Gasteiger charge is -2.15. The summed E-state index contributed by atoms with van der Waals surface area (Å²) in [6.07, 6.45) is 0.486. The molecule has 0 unspecified atom stereocenters. The van der Waals surface area contributed by atoms with Crippen LogP contribution in [0.4, 0.5) is 13.2 Å². The lowest BCUT2D eigenvalue weighted by molar-refractivity contribution is -0.0609. The summed E-state index contributed by atoms with van der Waals surface area (Å²) in [5.41, 5.74) is 0.916. The summed E-state index contributed by atoms with van der Waals surface area (Å²) in [6.45, 7) is 6.38. The van der Waals surface area contributed by atoms with Crippen molar-refractivity contribution in [1.29, 1.82) is 0 Å².